The van der Waals surface area contributed by atoms with E-state index < -0.39 is 5.76 Å². The van der Waals surface area contributed by atoms with E-state index in [0.29, 0.717) is 11.4 Å². The topological polar surface area (TPSA) is 93.5 Å². The van der Waals surface area contributed by atoms with Gasteiger partial charge in [-0.15, -0.1) is 5.10 Å². The molecule has 3 aromatic rings. The van der Waals surface area contributed by atoms with Crippen LogP contribution in [0.25, 0.3) is 11.7 Å². The molecule has 0 atom stereocenters. The summed E-state index contributed by atoms with van der Waals surface area (Å²) >= 11 is 1.98. The molecule has 2 aromatic heterocycles. The van der Waals surface area contributed by atoms with Crippen molar-refractivity contribution < 1.29 is 13.6 Å². The predicted molar refractivity (Wildman–Crippen MR) is 106 cm³/mol. The molecule has 0 radical (unpaired) electrons. The maximum atomic E-state index is 12.3. The van der Waals surface area contributed by atoms with Gasteiger partial charge in [-0.3, -0.25) is 9.69 Å². The lowest BCUT2D eigenvalue weighted by molar-refractivity contribution is -0.117. The third-order valence-corrected chi connectivity index (χ3v) is 5.29. The summed E-state index contributed by atoms with van der Waals surface area (Å²) in [6, 6.07) is 11.0. The quantitative estimate of drug-likeness (QED) is 0.678. The summed E-state index contributed by atoms with van der Waals surface area (Å²) in [5.41, 5.74) is 1.83. The molecule has 1 aliphatic heterocycles. The second kappa shape index (κ2) is 8.49. The number of furan rings is 1. The van der Waals surface area contributed by atoms with Crippen molar-refractivity contribution in [2.24, 2.45) is 0 Å². The Balaban J connectivity index is 1.39. The van der Waals surface area contributed by atoms with Crippen LogP contribution < -0.4 is 11.1 Å². The largest absolute Gasteiger partial charge is 0.459 e. The van der Waals surface area contributed by atoms with Crippen LogP contribution in [0.3, 0.4) is 0 Å². The van der Waals surface area contributed by atoms with Crippen LogP contribution in [0.5, 0.6) is 0 Å². The fraction of sp³-hybridized carbons (Fsp3) is 0.316. The molecule has 1 fully saturated rings. The van der Waals surface area contributed by atoms with Gasteiger partial charge in [-0.05, 0) is 29.8 Å². The van der Waals surface area contributed by atoms with Crippen LogP contribution in [0.15, 0.2) is 56.3 Å². The number of anilines is 1. The van der Waals surface area contributed by atoms with Gasteiger partial charge in [-0.25, -0.2) is 4.79 Å². The molecule has 3 heterocycles. The summed E-state index contributed by atoms with van der Waals surface area (Å²) < 4.78 is 11.2. The van der Waals surface area contributed by atoms with E-state index in [1.165, 1.54) is 6.26 Å². The minimum atomic E-state index is -0.710. The van der Waals surface area contributed by atoms with Crippen LogP contribution in [0.4, 0.5) is 5.69 Å². The highest BCUT2D eigenvalue weighted by Crippen LogP contribution is 2.17. The highest BCUT2D eigenvalue weighted by Gasteiger charge is 2.15. The van der Waals surface area contributed by atoms with Crippen LogP contribution in [0, 0.1) is 0 Å². The Kier molecular flexibility index (Phi) is 5.63. The molecule has 8 nitrogen and oxygen atoms in total. The summed E-state index contributed by atoms with van der Waals surface area (Å²) in [6.45, 7) is 2.78. The van der Waals surface area contributed by atoms with Gasteiger partial charge in [0.1, 0.15) is 6.54 Å². The lowest BCUT2D eigenvalue weighted by Gasteiger charge is -2.26. The third kappa shape index (κ3) is 4.55. The number of carbonyl (C=O) groups is 1. The van der Waals surface area contributed by atoms with Gasteiger partial charge in [0.05, 0.1) is 6.26 Å². The normalized spacial score (nSPS) is 14.9. The molecule has 28 heavy (non-hydrogen) atoms. The van der Waals surface area contributed by atoms with Crippen molar-refractivity contribution in [2.45, 2.75) is 13.1 Å². The fourth-order valence-electron chi connectivity index (χ4n) is 3.01. The van der Waals surface area contributed by atoms with Gasteiger partial charge in [0.2, 0.25) is 5.91 Å². The molecular formula is C19H20N4O4S. The predicted octanol–water partition coefficient (Wildman–Crippen LogP) is 2.28. The Labute approximate surface area is 165 Å². The zero-order chi connectivity index (χ0) is 19.3. The van der Waals surface area contributed by atoms with Crippen molar-refractivity contribution in [3.8, 4) is 11.7 Å². The lowest BCUT2D eigenvalue weighted by Crippen LogP contribution is -2.32. The summed E-state index contributed by atoms with van der Waals surface area (Å²) in [7, 11) is 0. The number of rotatable bonds is 6. The van der Waals surface area contributed by atoms with E-state index in [1.807, 2.05) is 30.0 Å². The van der Waals surface area contributed by atoms with E-state index in [-0.39, 0.29) is 18.3 Å². The molecule has 0 spiro atoms. The minimum Gasteiger partial charge on any atom is -0.459 e. The SMILES string of the molecule is O=C(Cn1nc(-c2ccco2)oc1=O)Nc1cccc(CN2CCSCC2)c1. The molecule has 1 aromatic carbocycles. The van der Waals surface area contributed by atoms with E-state index >= 15 is 0 Å². The van der Waals surface area contributed by atoms with Crippen molar-refractivity contribution >= 4 is 23.4 Å². The summed E-state index contributed by atoms with van der Waals surface area (Å²) in [5.74, 6) is 1.63. The van der Waals surface area contributed by atoms with E-state index in [9.17, 15) is 9.59 Å². The van der Waals surface area contributed by atoms with Gasteiger partial charge in [-0.2, -0.15) is 16.4 Å². The molecule has 1 aliphatic rings. The van der Waals surface area contributed by atoms with Crippen molar-refractivity contribution in [1.82, 2.24) is 14.7 Å². The average molecular weight is 400 g/mol. The van der Waals surface area contributed by atoms with Crippen LogP contribution in [-0.4, -0.2) is 45.2 Å². The first-order chi connectivity index (χ1) is 13.7. The second-order valence-corrected chi connectivity index (χ2v) is 7.67. The first-order valence-corrected chi connectivity index (χ1v) is 10.1. The lowest BCUT2D eigenvalue weighted by atomic mass is 10.2. The number of carbonyl (C=O) groups excluding carboxylic acids is 1. The zero-order valence-corrected chi connectivity index (χ0v) is 16.0. The molecule has 9 heteroatoms. The second-order valence-electron chi connectivity index (χ2n) is 6.45. The monoisotopic (exact) mass is 400 g/mol. The van der Waals surface area contributed by atoms with E-state index in [0.717, 1.165) is 41.4 Å². The highest BCUT2D eigenvalue weighted by molar-refractivity contribution is 7.99. The molecule has 1 amide bonds. The number of hydrogen-bond acceptors (Lipinski definition) is 7. The molecule has 0 aliphatic carbocycles. The third-order valence-electron chi connectivity index (χ3n) is 4.35. The molecule has 0 bridgehead atoms. The minimum absolute atomic E-state index is 0.0458. The Hall–Kier alpha value is -2.78. The van der Waals surface area contributed by atoms with Crippen LogP contribution in [-0.2, 0) is 17.9 Å². The van der Waals surface area contributed by atoms with Gasteiger partial charge < -0.3 is 14.2 Å². The van der Waals surface area contributed by atoms with Crippen molar-refractivity contribution in [2.75, 3.05) is 29.9 Å². The number of thioether (sulfide) groups is 1. The van der Waals surface area contributed by atoms with Gasteiger partial charge in [0, 0.05) is 36.8 Å². The number of amides is 1. The van der Waals surface area contributed by atoms with Crippen LogP contribution in [0.2, 0.25) is 0 Å². The number of benzene rings is 1. The average Bonchev–Trinajstić information content (AvgIpc) is 3.33. The Morgan fingerprint density at radius 3 is 2.86 bits per heavy atom. The molecule has 4 rings (SSSR count). The fourth-order valence-corrected chi connectivity index (χ4v) is 3.99. The highest BCUT2D eigenvalue weighted by atomic mass is 32.2. The Morgan fingerprint density at radius 2 is 2.07 bits per heavy atom. The smallest absolute Gasteiger partial charge is 0.437 e. The number of aromatic nitrogens is 2. The maximum Gasteiger partial charge on any atom is 0.437 e. The molecular weight excluding hydrogens is 380 g/mol. The van der Waals surface area contributed by atoms with Crippen molar-refractivity contribution in [3.63, 3.8) is 0 Å². The van der Waals surface area contributed by atoms with Gasteiger partial charge in [0.25, 0.3) is 5.89 Å². The molecule has 1 N–H and O–H groups in total. The van der Waals surface area contributed by atoms with Gasteiger partial charge in [-0.1, -0.05) is 12.1 Å². The standard InChI is InChI=1S/C19H20N4O4S/c24-17(13-23-19(25)27-18(21-23)16-5-2-8-26-16)20-15-4-1-3-14(11-15)12-22-6-9-28-10-7-22/h1-5,8,11H,6-7,9-10,12-13H2,(H,20,24). The van der Waals surface area contributed by atoms with E-state index in [2.05, 4.69) is 21.4 Å². The maximum absolute atomic E-state index is 12.3. The molecule has 0 unspecified atom stereocenters. The first kappa shape index (κ1) is 18.6. The zero-order valence-electron chi connectivity index (χ0n) is 15.2. The molecule has 1 saturated heterocycles. The Morgan fingerprint density at radius 1 is 1.21 bits per heavy atom. The van der Waals surface area contributed by atoms with Gasteiger partial charge >= 0.3 is 5.76 Å². The number of hydrogen-bond donors (Lipinski definition) is 1. The molecule has 146 valence electrons. The van der Waals surface area contributed by atoms with Crippen LogP contribution in [0.1, 0.15) is 5.56 Å². The summed E-state index contributed by atoms with van der Waals surface area (Å²) in [6.07, 6.45) is 1.46. The van der Waals surface area contributed by atoms with E-state index in [1.54, 1.807) is 12.1 Å². The van der Waals surface area contributed by atoms with Gasteiger partial charge in [0.15, 0.2) is 5.76 Å². The number of nitrogens with zero attached hydrogens (tertiary/aromatic N) is 3. The number of nitrogens with one attached hydrogen (secondary N) is 1. The van der Waals surface area contributed by atoms with E-state index in [4.69, 9.17) is 8.83 Å². The Bertz CT molecular complexity index is 990. The molecule has 0 saturated carbocycles. The van der Waals surface area contributed by atoms with Crippen molar-refractivity contribution in [3.05, 3.63) is 58.8 Å². The summed E-state index contributed by atoms with van der Waals surface area (Å²) in [4.78, 5) is 26.7. The van der Waals surface area contributed by atoms with Crippen molar-refractivity contribution in [1.29, 1.82) is 0 Å². The summed E-state index contributed by atoms with van der Waals surface area (Å²) in [5, 5.41) is 6.82. The van der Waals surface area contributed by atoms with Crippen LogP contribution >= 0.6 is 11.8 Å². The first-order valence-electron chi connectivity index (χ1n) is 8.98.